The van der Waals surface area contributed by atoms with Crippen molar-refractivity contribution in [1.29, 1.82) is 5.26 Å². The summed E-state index contributed by atoms with van der Waals surface area (Å²) in [6.45, 7) is 0. The zero-order chi connectivity index (χ0) is 16.7. The molecule has 0 fully saturated rings. The van der Waals surface area contributed by atoms with Gasteiger partial charge in [-0.15, -0.1) is 0 Å². The molecule has 0 atom stereocenters. The first-order chi connectivity index (χ1) is 10.2. The number of nitrogens with two attached hydrogens (primary N) is 2. The molecule has 10 heteroatoms. The maximum atomic E-state index is 13.9. The molecule has 22 heavy (non-hydrogen) atoms. The standard InChI is InChI=1S/C12H6F5N5/c13-7-4(1-2-6(8(7)14)12(15,16)17)9-5(3-18)10(19)22-11(20)21-9/h1-2H,(H4,19,20,21,22). The fourth-order valence-corrected chi connectivity index (χ4v) is 1.75. The van der Waals surface area contributed by atoms with Crippen LogP contribution >= 0.6 is 0 Å². The lowest BCUT2D eigenvalue weighted by Crippen LogP contribution is -2.11. The van der Waals surface area contributed by atoms with Crippen LogP contribution in [0.1, 0.15) is 11.1 Å². The largest absolute Gasteiger partial charge is 0.419 e. The number of nitrogens with zero attached hydrogens (tertiary/aromatic N) is 3. The minimum Gasteiger partial charge on any atom is -0.382 e. The van der Waals surface area contributed by atoms with E-state index in [4.69, 9.17) is 16.7 Å². The number of benzene rings is 1. The lowest BCUT2D eigenvalue weighted by Gasteiger charge is -2.12. The van der Waals surface area contributed by atoms with Gasteiger partial charge < -0.3 is 11.5 Å². The predicted molar refractivity (Wildman–Crippen MR) is 65.9 cm³/mol. The molecular formula is C12H6F5N5. The molecule has 1 heterocycles. The van der Waals surface area contributed by atoms with E-state index in [9.17, 15) is 22.0 Å². The van der Waals surface area contributed by atoms with E-state index in [1.54, 1.807) is 6.07 Å². The van der Waals surface area contributed by atoms with Crippen molar-refractivity contribution in [3.05, 3.63) is 34.9 Å². The van der Waals surface area contributed by atoms with Gasteiger partial charge in [-0.25, -0.2) is 13.8 Å². The van der Waals surface area contributed by atoms with Crippen molar-refractivity contribution < 1.29 is 22.0 Å². The molecular weight excluding hydrogens is 309 g/mol. The van der Waals surface area contributed by atoms with E-state index in [0.29, 0.717) is 12.1 Å². The van der Waals surface area contributed by atoms with Gasteiger partial charge in [0.05, 0.1) is 11.3 Å². The van der Waals surface area contributed by atoms with Gasteiger partial charge in [-0.2, -0.15) is 23.4 Å². The number of hydrogen-bond acceptors (Lipinski definition) is 5. The van der Waals surface area contributed by atoms with Crippen LogP contribution in [-0.4, -0.2) is 9.97 Å². The average molecular weight is 315 g/mol. The van der Waals surface area contributed by atoms with Gasteiger partial charge >= 0.3 is 6.18 Å². The Balaban J connectivity index is 2.76. The van der Waals surface area contributed by atoms with Crippen LogP contribution in [0.25, 0.3) is 11.3 Å². The fourth-order valence-electron chi connectivity index (χ4n) is 1.75. The Hall–Kier alpha value is -2.96. The van der Waals surface area contributed by atoms with Crippen molar-refractivity contribution in [1.82, 2.24) is 9.97 Å². The molecule has 2 rings (SSSR count). The van der Waals surface area contributed by atoms with E-state index in [1.165, 1.54) is 0 Å². The van der Waals surface area contributed by atoms with Crippen LogP contribution in [0.5, 0.6) is 0 Å². The van der Waals surface area contributed by atoms with E-state index in [0.717, 1.165) is 0 Å². The normalized spacial score (nSPS) is 11.3. The van der Waals surface area contributed by atoms with Gasteiger partial charge in [0.25, 0.3) is 0 Å². The Morgan fingerprint density at radius 1 is 1.05 bits per heavy atom. The predicted octanol–water partition coefficient (Wildman–Crippen LogP) is 2.48. The fraction of sp³-hybridized carbons (Fsp3) is 0.0833. The highest BCUT2D eigenvalue weighted by molar-refractivity contribution is 5.73. The summed E-state index contributed by atoms with van der Waals surface area (Å²) in [5.74, 6) is -4.76. The third-order valence-corrected chi connectivity index (χ3v) is 2.71. The summed E-state index contributed by atoms with van der Waals surface area (Å²) in [5, 5.41) is 8.95. The molecule has 2 aromatic rings. The van der Waals surface area contributed by atoms with E-state index in [-0.39, 0.29) is 0 Å². The van der Waals surface area contributed by atoms with Gasteiger partial charge in [0.15, 0.2) is 11.6 Å². The van der Waals surface area contributed by atoms with E-state index in [2.05, 4.69) is 9.97 Å². The summed E-state index contributed by atoms with van der Waals surface area (Å²) in [6.07, 6.45) is -5.06. The summed E-state index contributed by atoms with van der Waals surface area (Å²) >= 11 is 0. The smallest absolute Gasteiger partial charge is 0.382 e. The van der Waals surface area contributed by atoms with Crippen LogP contribution in [-0.2, 0) is 6.18 Å². The zero-order valence-corrected chi connectivity index (χ0v) is 10.5. The van der Waals surface area contributed by atoms with Crippen LogP contribution in [0.4, 0.5) is 33.7 Å². The van der Waals surface area contributed by atoms with Crippen LogP contribution in [0, 0.1) is 23.0 Å². The third kappa shape index (κ3) is 2.48. The highest BCUT2D eigenvalue weighted by atomic mass is 19.4. The monoisotopic (exact) mass is 315 g/mol. The summed E-state index contributed by atoms with van der Waals surface area (Å²) in [5.41, 5.74) is 7.34. The minimum atomic E-state index is -5.06. The molecule has 0 radical (unpaired) electrons. The number of anilines is 2. The lowest BCUT2D eigenvalue weighted by molar-refractivity contribution is -0.140. The summed E-state index contributed by atoms with van der Waals surface area (Å²) < 4.78 is 65.1. The van der Waals surface area contributed by atoms with Gasteiger partial charge in [-0.05, 0) is 12.1 Å². The number of aromatic nitrogens is 2. The second-order valence-corrected chi connectivity index (χ2v) is 4.09. The summed E-state index contributed by atoms with van der Waals surface area (Å²) in [4.78, 5) is 7.01. The van der Waals surface area contributed by atoms with Crippen molar-refractivity contribution >= 4 is 11.8 Å². The number of halogens is 5. The maximum absolute atomic E-state index is 13.9. The quantitative estimate of drug-likeness (QED) is 0.787. The van der Waals surface area contributed by atoms with Crippen molar-refractivity contribution in [2.45, 2.75) is 6.18 Å². The van der Waals surface area contributed by atoms with Crippen molar-refractivity contribution in [3.8, 4) is 17.3 Å². The summed E-state index contributed by atoms with van der Waals surface area (Å²) in [7, 11) is 0. The molecule has 0 amide bonds. The Labute approximate surface area is 120 Å². The molecule has 0 spiro atoms. The molecule has 0 aliphatic heterocycles. The molecule has 0 aliphatic carbocycles. The maximum Gasteiger partial charge on any atom is 0.419 e. The second-order valence-electron chi connectivity index (χ2n) is 4.09. The van der Waals surface area contributed by atoms with Crippen LogP contribution in [0.15, 0.2) is 12.1 Å². The molecule has 114 valence electrons. The van der Waals surface area contributed by atoms with Crippen molar-refractivity contribution in [2.75, 3.05) is 11.5 Å². The van der Waals surface area contributed by atoms with Gasteiger partial charge in [-0.3, -0.25) is 0 Å². The molecule has 1 aromatic carbocycles. The Kier molecular flexibility index (Phi) is 3.58. The minimum absolute atomic E-state index is 0.337. The molecule has 0 aliphatic rings. The van der Waals surface area contributed by atoms with Crippen LogP contribution in [0.2, 0.25) is 0 Å². The van der Waals surface area contributed by atoms with Gasteiger partial charge in [-0.1, -0.05) is 0 Å². The molecule has 1 aromatic heterocycles. The first-order valence-electron chi connectivity index (χ1n) is 5.55. The number of nitriles is 1. The van der Waals surface area contributed by atoms with E-state index >= 15 is 0 Å². The topological polar surface area (TPSA) is 102 Å². The van der Waals surface area contributed by atoms with Crippen molar-refractivity contribution in [3.63, 3.8) is 0 Å². The first-order valence-corrected chi connectivity index (χ1v) is 5.55. The highest BCUT2D eigenvalue weighted by Gasteiger charge is 2.36. The van der Waals surface area contributed by atoms with E-state index < -0.39 is 52.0 Å². The Morgan fingerprint density at radius 2 is 1.68 bits per heavy atom. The van der Waals surface area contributed by atoms with Gasteiger partial charge in [0.2, 0.25) is 5.95 Å². The molecule has 0 bridgehead atoms. The number of nitrogen functional groups attached to an aromatic ring is 2. The number of alkyl halides is 3. The summed E-state index contributed by atoms with van der Waals surface area (Å²) in [6, 6.07) is 2.54. The molecule has 0 unspecified atom stereocenters. The Bertz CT molecular complexity index is 794. The lowest BCUT2D eigenvalue weighted by atomic mass is 10.0. The third-order valence-electron chi connectivity index (χ3n) is 2.71. The Morgan fingerprint density at radius 3 is 2.23 bits per heavy atom. The molecule has 5 nitrogen and oxygen atoms in total. The van der Waals surface area contributed by atoms with E-state index in [1.807, 2.05) is 0 Å². The van der Waals surface area contributed by atoms with Crippen molar-refractivity contribution in [2.24, 2.45) is 0 Å². The number of hydrogen-bond donors (Lipinski definition) is 2. The molecule has 0 saturated carbocycles. The SMILES string of the molecule is N#Cc1c(N)nc(N)nc1-c1ccc(C(F)(F)F)c(F)c1F. The van der Waals surface area contributed by atoms with Gasteiger partial charge in [0.1, 0.15) is 17.5 Å². The molecule has 4 N–H and O–H groups in total. The van der Waals surface area contributed by atoms with Crippen LogP contribution < -0.4 is 11.5 Å². The van der Waals surface area contributed by atoms with Crippen LogP contribution in [0.3, 0.4) is 0 Å². The van der Waals surface area contributed by atoms with Gasteiger partial charge in [0, 0.05) is 5.56 Å². The zero-order valence-electron chi connectivity index (χ0n) is 10.5. The first kappa shape index (κ1) is 15.4. The average Bonchev–Trinajstić information content (AvgIpc) is 2.39. The number of rotatable bonds is 1. The molecule has 0 saturated heterocycles. The highest BCUT2D eigenvalue weighted by Crippen LogP contribution is 2.36. The second kappa shape index (κ2) is 5.10.